The van der Waals surface area contributed by atoms with E-state index < -0.39 is 6.09 Å². The number of benzene rings is 1. The lowest BCUT2D eigenvalue weighted by molar-refractivity contribution is -0.0555. The van der Waals surface area contributed by atoms with Crippen LogP contribution in [0, 0.1) is 5.41 Å². The van der Waals surface area contributed by atoms with Crippen LogP contribution in [0.1, 0.15) is 32.3 Å². The van der Waals surface area contributed by atoms with E-state index >= 15 is 0 Å². The molecule has 1 aromatic rings. The van der Waals surface area contributed by atoms with E-state index in [-0.39, 0.29) is 23.5 Å². The summed E-state index contributed by atoms with van der Waals surface area (Å²) in [4.78, 5) is 13.1. The van der Waals surface area contributed by atoms with Crippen LogP contribution in [0.4, 0.5) is 4.79 Å². The first-order valence-electron chi connectivity index (χ1n) is 7.77. The summed E-state index contributed by atoms with van der Waals surface area (Å²) in [6, 6.07) is 5.47. The van der Waals surface area contributed by atoms with Gasteiger partial charge in [0.15, 0.2) is 0 Å². The largest absolute Gasteiger partial charge is 0.465 e. The molecule has 3 atom stereocenters. The van der Waals surface area contributed by atoms with Crippen LogP contribution in [0.5, 0.6) is 0 Å². The van der Waals surface area contributed by atoms with Gasteiger partial charge >= 0.3 is 6.09 Å². The molecule has 1 N–H and O–H groups in total. The highest BCUT2D eigenvalue weighted by Gasteiger charge is 2.39. The van der Waals surface area contributed by atoms with E-state index in [1.807, 2.05) is 12.1 Å². The van der Waals surface area contributed by atoms with Crippen LogP contribution in [-0.4, -0.2) is 45.8 Å². The van der Waals surface area contributed by atoms with Crippen LogP contribution in [-0.2, 0) is 4.74 Å². The molecular weight excluding hydrogens is 464 g/mol. The Hall–Kier alpha value is -0.240. The summed E-state index contributed by atoms with van der Waals surface area (Å²) in [6.07, 6.45) is -1.18. The van der Waals surface area contributed by atoms with Crippen LogP contribution < -0.4 is 0 Å². The summed E-state index contributed by atoms with van der Waals surface area (Å²) in [5.74, 6) is -0.0832. The van der Waals surface area contributed by atoms with Crippen LogP contribution in [0.25, 0.3) is 0 Å². The first kappa shape index (κ1) is 20.1. The molecule has 2 rings (SSSR count). The van der Waals surface area contributed by atoms with Crippen LogP contribution in [0.15, 0.2) is 18.2 Å². The van der Waals surface area contributed by atoms with Crippen molar-refractivity contribution in [1.82, 2.24) is 4.90 Å². The Morgan fingerprint density at radius 1 is 1.33 bits per heavy atom. The number of hydrogen-bond donors (Lipinski definition) is 1. The molecule has 0 spiro atoms. The van der Waals surface area contributed by atoms with Crippen molar-refractivity contribution in [2.45, 2.75) is 38.9 Å². The Labute approximate surface area is 166 Å². The zero-order valence-electron chi connectivity index (χ0n) is 13.9. The second kappa shape index (κ2) is 7.98. The van der Waals surface area contributed by atoms with Crippen molar-refractivity contribution < 1.29 is 14.6 Å². The average molecular weight is 486 g/mol. The second-order valence-electron chi connectivity index (χ2n) is 7.15. The van der Waals surface area contributed by atoms with Crippen molar-refractivity contribution in [3.63, 3.8) is 0 Å². The predicted molar refractivity (Wildman–Crippen MR) is 106 cm³/mol. The highest BCUT2D eigenvalue weighted by Crippen LogP contribution is 2.36. The standard InChI is InChI=1S/C17H22Cl2INO3/c1-17(2,3)15-9-21(16(22)23)8-11(14(7-20)24-15)10-4-5-12(18)13(19)6-10/h4-6,11,14-15H,7-9H2,1-3H3,(H,22,23)/t11-,14+,15?/m0/s1. The van der Waals surface area contributed by atoms with E-state index in [2.05, 4.69) is 43.4 Å². The lowest BCUT2D eigenvalue weighted by Gasteiger charge is -2.33. The summed E-state index contributed by atoms with van der Waals surface area (Å²) in [6.45, 7) is 6.96. The Bertz CT molecular complexity index is 606. The fraction of sp³-hybridized carbons (Fsp3) is 0.588. The number of amides is 1. The highest BCUT2D eigenvalue weighted by molar-refractivity contribution is 14.1. The molecule has 0 bridgehead atoms. The molecule has 1 unspecified atom stereocenters. The predicted octanol–water partition coefficient (Wildman–Crippen LogP) is 5.31. The molecule has 1 saturated heterocycles. The molecule has 0 saturated carbocycles. The Kier molecular flexibility index (Phi) is 6.67. The number of carbonyl (C=O) groups is 1. The van der Waals surface area contributed by atoms with Gasteiger partial charge < -0.3 is 14.7 Å². The second-order valence-corrected chi connectivity index (χ2v) is 8.85. The van der Waals surface area contributed by atoms with Gasteiger partial charge in [-0.15, -0.1) is 0 Å². The van der Waals surface area contributed by atoms with Crippen molar-refractivity contribution in [1.29, 1.82) is 0 Å². The molecule has 0 aliphatic carbocycles. The monoisotopic (exact) mass is 485 g/mol. The molecule has 0 aromatic heterocycles. The number of ether oxygens (including phenoxy) is 1. The summed E-state index contributed by atoms with van der Waals surface area (Å²) in [7, 11) is 0. The maximum Gasteiger partial charge on any atom is 0.407 e. The molecule has 0 radical (unpaired) electrons. The van der Waals surface area contributed by atoms with E-state index in [1.165, 1.54) is 4.90 Å². The van der Waals surface area contributed by atoms with Gasteiger partial charge in [0.2, 0.25) is 0 Å². The zero-order chi connectivity index (χ0) is 18.1. The van der Waals surface area contributed by atoms with Gasteiger partial charge in [0.05, 0.1) is 28.8 Å². The van der Waals surface area contributed by atoms with Crippen LogP contribution in [0.2, 0.25) is 10.0 Å². The first-order valence-corrected chi connectivity index (χ1v) is 10.1. The third-order valence-corrected chi connectivity index (χ3v) is 5.96. The summed E-state index contributed by atoms with van der Waals surface area (Å²) < 4.78 is 7.12. The van der Waals surface area contributed by atoms with Crippen LogP contribution in [0.3, 0.4) is 0 Å². The number of alkyl halides is 1. The average Bonchev–Trinajstić information content (AvgIpc) is 2.69. The van der Waals surface area contributed by atoms with Crippen molar-refractivity contribution in [3.05, 3.63) is 33.8 Å². The summed E-state index contributed by atoms with van der Waals surface area (Å²) in [5, 5.41) is 10.6. The molecule has 1 heterocycles. The minimum atomic E-state index is -0.924. The topological polar surface area (TPSA) is 49.8 Å². The normalized spacial score (nSPS) is 25.4. The van der Waals surface area contributed by atoms with Gasteiger partial charge in [-0.3, -0.25) is 0 Å². The Balaban J connectivity index is 2.41. The number of nitrogens with zero attached hydrogens (tertiary/aromatic N) is 1. The number of carboxylic acid groups (broad SMARTS) is 1. The third kappa shape index (κ3) is 4.68. The van der Waals surface area contributed by atoms with E-state index in [4.69, 9.17) is 27.9 Å². The smallest absolute Gasteiger partial charge is 0.407 e. The van der Waals surface area contributed by atoms with Gasteiger partial charge in [0.25, 0.3) is 0 Å². The van der Waals surface area contributed by atoms with E-state index in [0.717, 1.165) is 9.99 Å². The maximum absolute atomic E-state index is 11.7. The molecule has 7 heteroatoms. The van der Waals surface area contributed by atoms with E-state index in [1.54, 1.807) is 6.07 Å². The van der Waals surface area contributed by atoms with Crippen molar-refractivity contribution in [3.8, 4) is 0 Å². The van der Waals surface area contributed by atoms with Gasteiger partial charge in [-0.25, -0.2) is 4.79 Å². The van der Waals surface area contributed by atoms with E-state index in [9.17, 15) is 9.90 Å². The Morgan fingerprint density at radius 3 is 2.50 bits per heavy atom. The molecule has 1 aliphatic heterocycles. The molecule has 134 valence electrons. The molecule has 4 nitrogen and oxygen atoms in total. The van der Waals surface area contributed by atoms with Crippen molar-refractivity contribution in [2.24, 2.45) is 5.41 Å². The zero-order valence-corrected chi connectivity index (χ0v) is 17.6. The van der Waals surface area contributed by atoms with Gasteiger partial charge in [-0.2, -0.15) is 0 Å². The van der Waals surface area contributed by atoms with Gasteiger partial charge in [0, 0.05) is 16.9 Å². The van der Waals surface area contributed by atoms with Crippen molar-refractivity contribution in [2.75, 3.05) is 17.5 Å². The number of rotatable bonds is 2. The lowest BCUT2D eigenvalue weighted by Crippen LogP contribution is -2.42. The summed E-state index contributed by atoms with van der Waals surface area (Å²) in [5.41, 5.74) is 0.802. The number of hydrogen-bond acceptors (Lipinski definition) is 2. The molecule has 1 aromatic carbocycles. The van der Waals surface area contributed by atoms with Gasteiger partial charge in [0.1, 0.15) is 0 Å². The fourth-order valence-corrected chi connectivity index (χ4v) is 3.95. The number of halogens is 3. The fourth-order valence-electron chi connectivity index (χ4n) is 2.82. The quantitative estimate of drug-likeness (QED) is 0.456. The van der Waals surface area contributed by atoms with Gasteiger partial charge in [-0.05, 0) is 23.1 Å². The van der Waals surface area contributed by atoms with E-state index in [0.29, 0.717) is 23.1 Å². The minimum Gasteiger partial charge on any atom is -0.465 e. The Morgan fingerprint density at radius 2 is 2.00 bits per heavy atom. The molecule has 1 fully saturated rings. The first-order chi connectivity index (χ1) is 11.1. The third-order valence-electron chi connectivity index (χ3n) is 4.35. The lowest BCUT2D eigenvalue weighted by atomic mass is 9.88. The van der Waals surface area contributed by atoms with Gasteiger partial charge in [-0.1, -0.05) is 72.6 Å². The maximum atomic E-state index is 11.7. The molecule has 24 heavy (non-hydrogen) atoms. The summed E-state index contributed by atoms with van der Waals surface area (Å²) >= 11 is 14.5. The molecular formula is C17H22Cl2INO3. The molecule has 1 aliphatic rings. The molecule has 1 amide bonds. The minimum absolute atomic E-state index is 0.0832. The van der Waals surface area contributed by atoms with Crippen LogP contribution >= 0.6 is 45.8 Å². The highest BCUT2D eigenvalue weighted by atomic mass is 127. The van der Waals surface area contributed by atoms with Crippen molar-refractivity contribution >= 4 is 51.9 Å². The SMILES string of the molecule is CC(C)(C)C1CN(C(=O)O)C[C@@H](c2ccc(Cl)c(Cl)c2)[C@@H](CI)O1.